The van der Waals surface area contributed by atoms with Gasteiger partial charge in [-0.25, -0.2) is 0 Å². The van der Waals surface area contributed by atoms with Crippen LogP contribution in [0.25, 0.3) is 0 Å². The third kappa shape index (κ3) is 2.83. The highest BCUT2D eigenvalue weighted by Gasteiger charge is 2.20. The summed E-state index contributed by atoms with van der Waals surface area (Å²) in [6.45, 7) is 0. The molecule has 0 saturated heterocycles. The lowest BCUT2D eigenvalue weighted by Gasteiger charge is -2.06. The predicted octanol–water partition coefficient (Wildman–Crippen LogP) is 3.05. The highest BCUT2D eigenvalue weighted by molar-refractivity contribution is 5.71. The number of nitro groups is 2. The Morgan fingerprint density at radius 2 is 1.63 bits per heavy atom. The van der Waals surface area contributed by atoms with E-state index in [1.807, 2.05) is 6.07 Å². The lowest BCUT2D eigenvalue weighted by Crippen LogP contribution is -1.99. The molecule has 0 aliphatic heterocycles. The maximum Gasteiger partial charge on any atom is 0.307 e. The first-order valence-corrected chi connectivity index (χ1v) is 5.25. The quantitative estimate of drug-likeness (QED) is 0.671. The van der Waals surface area contributed by atoms with E-state index in [0.717, 1.165) is 6.07 Å². The van der Waals surface area contributed by atoms with E-state index in [-0.39, 0.29) is 5.69 Å². The van der Waals surface area contributed by atoms with E-state index in [0.29, 0.717) is 5.69 Å². The molecule has 0 atom stereocenters. The molecule has 19 heavy (non-hydrogen) atoms. The summed E-state index contributed by atoms with van der Waals surface area (Å²) in [5.41, 5.74) is -0.0991. The maximum atomic E-state index is 10.9. The van der Waals surface area contributed by atoms with Gasteiger partial charge in [-0.15, -0.1) is 0 Å². The van der Waals surface area contributed by atoms with Gasteiger partial charge in [0.05, 0.1) is 9.85 Å². The van der Waals surface area contributed by atoms with Crippen LogP contribution >= 0.6 is 0 Å². The molecule has 0 saturated carbocycles. The molecule has 7 heteroatoms. The third-order valence-electron chi connectivity index (χ3n) is 2.34. The van der Waals surface area contributed by atoms with Gasteiger partial charge in [0.15, 0.2) is 6.07 Å². The van der Waals surface area contributed by atoms with Crippen molar-refractivity contribution in [3.63, 3.8) is 0 Å². The van der Waals surface area contributed by atoms with E-state index in [9.17, 15) is 20.2 Å². The first kappa shape index (κ1) is 12.5. The van der Waals surface area contributed by atoms with Gasteiger partial charge >= 0.3 is 5.69 Å². The minimum Gasteiger partial charge on any atom is -0.350 e. The number of nitrogens with one attached hydrogen (secondary N) is 1. The van der Waals surface area contributed by atoms with E-state index in [2.05, 4.69) is 11.4 Å². The van der Waals surface area contributed by atoms with Crippen molar-refractivity contribution in [2.45, 2.75) is 0 Å². The third-order valence-corrected chi connectivity index (χ3v) is 2.34. The van der Waals surface area contributed by atoms with Gasteiger partial charge in [0.2, 0.25) is 0 Å². The number of nitro benzene ring substituents is 2. The fraction of sp³-hybridized carbons (Fsp3) is 0. The first-order valence-electron chi connectivity index (χ1n) is 5.25. The minimum absolute atomic E-state index is 0.154. The molecular formula is C12H8N3O4. The smallest absolute Gasteiger partial charge is 0.307 e. The van der Waals surface area contributed by atoms with Gasteiger partial charge in [0, 0.05) is 11.8 Å². The number of nitrogens with zero attached hydrogens (tertiary/aromatic N) is 2. The van der Waals surface area contributed by atoms with E-state index in [1.165, 1.54) is 6.07 Å². The molecule has 0 fully saturated rings. The molecule has 0 unspecified atom stereocenters. The van der Waals surface area contributed by atoms with Gasteiger partial charge in [0.25, 0.3) is 5.69 Å². The molecule has 2 rings (SSSR count). The highest BCUT2D eigenvalue weighted by atomic mass is 16.6. The van der Waals surface area contributed by atoms with Gasteiger partial charge in [0.1, 0.15) is 5.69 Å². The van der Waals surface area contributed by atoms with Gasteiger partial charge in [-0.1, -0.05) is 18.2 Å². The van der Waals surface area contributed by atoms with Crippen LogP contribution in [0.5, 0.6) is 0 Å². The van der Waals surface area contributed by atoms with Crippen LogP contribution in [0.1, 0.15) is 0 Å². The van der Waals surface area contributed by atoms with Crippen molar-refractivity contribution in [3.8, 4) is 0 Å². The zero-order chi connectivity index (χ0) is 13.8. The summed E-state index contributed by atoms with van der Waals surface area (Å²) in [7, 11) is 0. The van der Waals surface area contributed by atoms with Crippen molar-refractivity contribution in [2.75, 3.05) is 5.32 Å². The van der Waals surface area contributed by atoms with Crippen molar-refractivity contribution in [3.05, 3.63) is 68.8 Å². The molecule has 2 aromatic carbocycles. The van der Waals surface area contributed by atoms with Crippen LogP contribution in [0.4, 0.5) is 22.7 Å². The van der Waals surface area contributed by atoms with Crippen LogP contribution in [0.3, 0.4) is 0 Å². The average molecular weight is 258 g/mol. The van der Waals surface area contributed by atoms with Crippen LogP contribution in [0.15, 0.2) is 42.5 Å². The van der Waals surface area contributed by atoms with Gasteiger partial charge in [-0.05, 0) is 18.2 Å². The maximum absolute atomic E-state index is 10.9. The van der Waals surface area contributed by atoms with E-state index in [4.69, 9.17) is 0 Å². The number of hydrogen-bond donors (Lipinski definition) is 1. The first-order chi connectivity index (χ1) is 9.08. The molecule has 7 nitrogen and oxygen atoms in total. The molecule has 1 N–H and O–H groups in total. The topological polar surface area (TPSA) is 98.3 Å². The van der Waals surface area contributed by atoms with E-state index >= 15 is 0 Å². The fourth-order valence-corrected chi connectivity index (χ4v) is 1.50. The Morgan fingerprint density at radius 3 is 2.21 bits per heavy atom. The minimum atomic E-state index is -0.723. The number of rotatable bonds is 4. The summed E-state index contributed by atoms with van der Waals surface area (Å²) in [4.78, 5) is 20.0. The van der Waals surface area contributed by atoms with Crippen molar-refractivity contribution < 1.29 is 9.85 Å². The average Bonchev–Trinajstić information content (AvgIpc) is 2.39. The Balaban J connectivity index is 2.40. The summed E-state index contributed by atoms with van der Waals surface area (Å²) >= 11 is 0. The van der Waals surface area contributed by atoms with Crippen LogP contribution in [0.2, 0.25) is 0 Å². The zero-order valence-corrected chi connectivity index (χ0v) is 9.57. The highest BCUT2D eigenvalue weighted by Crippen LogP contribution is 2.30. The zero-order valence-electron chi connectivity index (χ0n) is 9.57. The molecule has 1 radical (unpaired) electrons. The number of benzene rings is 2. The second-order valence-electron chi connectivity index (χ2n) is 3.61. The van der Waals surface area contributed by atoms with Gasteiger partial charge in [-0.2, -0.15) is 0 Å². The van der Waals surface area contributed by atoms with E-state index < -0.39 is 21.2 Å². The molecule has 0 aromatic heterocycles. The Morgan fingerprint density at radius 1 is 0.947 bits per heavy atom. The van der Waals surface area contributed by atoms with Crippen LogP contribution < -0.4 is 5.32 Å². The summed E-state index contributed by atoms with van der Waals surface area (Å²) in [5.74, 6) is 0. The molecule has 0 heterocycles. The second-order valence-corrected chi connectivity index (χ2v) is 3.61. The SMILES string of the molecule is O=[N+]([O-])c1[c]c([N+](=O)[O-])c(Nc2ccccc2)cc1. The second kappa shape index (κ2) is 5.13. The molecular weight excluding hydrogens is 250 g/mol. The van der Waals surface area contributed by atoms with Crippen LogP contribution in [-0.2, 0) is 0 Å². The van der Waals surface area contributed by atoms with Gasteiger partial charge < -0.3 is 5.32 Å². The predicted molar refractivity (Wildman–Crippen MR) is 68.3 cm³/mol. The Bertz CT molecular complexity index is 628. The van der Waals surface area contributed by atoms with Crippen molar-refractivity contribution in [1.29, 1.82) is 0 Å². The molecule has 0 aliphatic rings. The molecule has 0 amide bonds. The number of non-ortho nitro benzene ring substituents is 1. The lowest BCUT2D eigenvalue weighted by molar-refractivity contribution is -0.394. The molecule has 0 aliphatic carbocycles. The summed E-state index contributed by atoms with van der Waals surface area (Å²) < 4.78 is 0. The largest absolute Gasteiger partial charge is 0.350 e. The normalized spacial score (nSPS) is 9.89. The molecule has 95 valence electrons. The molecule has 2 aromatic rings. The lowest BCUT2D eigenvalue weighted by atomic mass is 10.2. The van der Waals surface area contributed by atoms with Crippen molar-refractivity contribution >= 4 is 22.7 Å². The molecule has 0 spiro atoms. The van der Waals surface area contributed by atoms with Crippen molar-refractivity contribution in [1.82, 2.24) is 0 Å². The van der Waals surface area contributed by atoms with Crippen LogP contribution in [-0.4, -0.2) is 9.85 Å². The Kier molecular flexibility index (Phi) is 3.37. The standard InChI is InChI=1S/C12H8N3O4/c16-14(17)10-6-7-11(12(8-10)15(18)19)13-9-4-2-1-3-5-9/h1-7,13H. The van der Waals surface area contributed by atoms with E-state index in [1.54, 1.807) is 24.3 Å². The number of anilines is 2. The summed E-state index contributed by atoms with van der Waals surface area (Å²) in [5, 5.41) is 24.3. The number of para-hydroxylation sites is 1. The monoisotopic (exact) mass is 258 g/mol. The van der Waals surface area contributed by atoms with Crippen molar-refractivity contribution in [2.24, 2.45) is 0 Å². The Labute approximate surface area is 107 Å². The summed E-state index contributed by atoms with van der Waals surface area (Å²) in [6.07, 6.45) is 0. The Hall–Kier alpha value is -2.96. The molecule has 0 bridgehead atoms. The number of hydrogen-bond acceptors (Lipinski definition) is 5. The van der Waals surface area contributed by atoms with Gasteiger partial charge in [-0.3, -0.25) is 20.2 Å². The fourth-order valence-electron chi connectivity index (χ4n) is 1.50. The summed E-state index contributed by atoms with van der Waals surface area (Å²) in [6, 6.07) is 13.4. The van der Waals surface area contributed by atoms with Crippen LogP contribution in [0, 0.1) is 26.3 Å².